The summed E-state index contributed by atoms with van der Waals surface area (Å²) in [6.45, 7) is 5.76. The van der Waals surface area contributed by atoms with Crippen molar-refractivity contribution in [1.82, 2.24) is 19.7 Å². The number of aryl methyl sites for hydroxylation is 2. The Morgan fingerprint density at radius 2 is 2.12 bits per heavy atom. The molecule has 7 heteroatoms. The van der Waals surface area contributed by atoms with Crippen LogP contribution in [0.5, 0.6) is 0 Å². The third-order valence-corrected chi connectivity index (χ3v) is 4.58. The number of hydrogen-bond donors (Lipinski definition) is 1. The monoisotopic (exact) mass is 355 g/mol. The molecule has 1 unspecified atom stereocenters. The van der Waals surface area contributed by atoms with Gasteiger partial charge in [0.15, 0.2) is 0 Å². The molecule has 0 radical (unpaired) electrons. The Morgan fingerprint density at radius 3 is 2.85 bits per heavy atom. The van der Waals surface area contributed by atoms with Gasteiger partial charge in [-0.15, -0.1) is 0 Å². The number of carbonyl (C=O) groups excluding carboxylic acids is 2. The summed E-state index contributed by atoms with van der Waals surface area (Å²) in [4.78, 5) is 30.6. The highest BCUT2D eigenvalue weighted by Gasteiger charge is 2.34. The quantitative estimate of drug-likeness (QED) is 0.827. The maximum atomic E-state index is 12.7. The summed E-state index contributed by atoms with van der Waals surface area (Å²) in [5, 5.41) is 7.39. The van der Waals surface area contributed by atoms with Crippen LogP contribution >= 0.6 is 0 Å². The Balaban J connectivity index is 1.61. The SMILES string of the molecule is CCCCn1nc(C)cc1NC(=O)C1CC(=O)N(Cc2ccncc2)C1. The molecule has 2 aromatic heterocycles. The van der Waals surface area contributed by atoms with Crippen molar-refractivity contribution >= 4 is 17.6 Å². The lowest BCUT2D eigenvalue weighted by Crippen LogP contribution is -2.28. The zero-order valence-corrected chi connectivity index (χ0v) is 15.3. The molecule has 0 saturated carbocycles. The van der Waals surface area contributed by atoms with E-state index in [4.69, 9.17) is 0 Å². The molecule has 1 atom stereocenters. The largest absolute Gasteiger partial charge is 0.338 e. The Labute approximate surface area is 153 Å². The summed E-state index contributed by atoms with van der Waals surface area (Å²) in [5.74, 6) is 0.269. The van der Waals surface area contributed by atoms with Crippen LogP contribution in [0.15, 0.2) is 30.6 Å². The van der Waals surface area contributed by atoms with Crippen LogP contribution in [0.2, 0.25) is 0 Å². The van der Waals surface area contributed by atoms with Gasteiger partial charge in [0.05, 0.1) is 11.6 Å². The number of hydrogen-bond acceptors (Lipinski definition) is 4. The molecule has 3 rings (SSSR count). The van der Waals surface area contributed by atoms with Gasteiger partial charge >= 0.3 is 0 Å². The summed E-state index contributed by atoms with van der Waals surface area (Å²) in [5.41, 5.74) is 1.89. The number of aromatic nitrogens is 3. The zero-order chi connectivity index (χ0) is 18.5. The minimum Gasteiger partial charge on any atom is -0.338 e. The van der Waals surface area contributed by atoms with E-state index in [0.717, 1.165) is 30.6 Å². The van der Waals surface area contributed by atoms with E-state index in [-0.39, 0.29) is 24.2 Å². The summed E-state index contributed by atoms with van der Waals surface area (Å²) < 4.78 is 1.84. The molecule has 0 bridgehead atoms. The number of carbonyl (C=O) groups is 2. The van der Waals surface area contributed by atoms with E-state index in [0.29, 0.717) is 18.9 Å². The van der Waals surface area contributed by atoms with Crippen molar-refractivity contribution in [3.05, 3.63) is 41.9 Å². The molecule has 2 amide bonds. The molecule has 1 N–H and O–H groups in total. The molecule has 2 aromatic rings. The molecular formula is C19H25N5O2. The average molecular weight is 355 g/mol. The highest BCUT2D eigenvalue weighted by molar-refractivity contribution is 5.96. The number of amides is 2. The van der Waals surface area contributed by atoms with E-state index in [2.05, 4.69) is 22.3 Å². The van der Waals surface area contributed by atoms with Crippen LogP contribution < -0.4 is 5.32 Å². The molecule has 26 heavy (non-hydrogen) atoms. The van der Waals surface area contributed by atoms with Gasteiger partial charge in [-0.25, -0.2) is 4.68 Å². The van der Waals surface area contributed by atoms with Crippen LogP contribution in [0.25, 0.3) is 0 Å². The first-order valence-electron chi connectivity index (χ1n) is 9.08. The summed E-state index contributed by atoms with van der Waals surface area (Å²) >= 11 is 0. The number of rotatable bonds is 7. The van der Waals surface area contributed by atoms with Crippen molar-refractivity contribution < 1.29 is 9.59 Å². The predicted molar refractivity (Wildman–Crippen MR) is 98.3 cm³/mol. The zero-order valence-electron chi connectivity index (χ0n) is 15.3. The van der Waals surface area contributed by atoms with Gasteiger partial charge in [0.25, 0.3) is 0 Å². The lowest BCUT2D eigenvalue weighted by Gasteiger charge is -2.16. The van der Waals surface area contributed by atoms with E-state index in [1.54, 1.807) is 17.3 Å². The summed E-state index contributed by atoms with van der Waals surface area (Å²) in [7, 11) is 0. The Morgan fingerprint density at radius 1 is 1.35 bits per heavy atom. The standard InChI is InChI=1S/C19H25N5O2/c1-3-4-9-24-17(10-14(2)22-24)21-19(26)16-11-18(25)23(13-16)12-15-5-7-20-8-6-15/h5-8,10,16H,3-4,9,11-13H2,1-2H3,(H,21,26). The second kappa shape index (κ2) is 8.12. The highest BCUT2D eigenvalue weighted by Crippen LogP contribution is 2.22. The predicted octanol–water partition coefficient (Wildman–Crippen LogP) is 2.37. The topological polar surface area (TPSA) is 80.1 Å². The van der Waals surface area contributed by atoms with Gasteiger partial charge in [0, 0.05) is 44.5 Å². The van der Waals surface area contributed by atoms with Crippen LogP contribution in [0.3, 0.4) is 0 Å². The molecule has 138 valence electrons. The van der Waals surface area contributed by atoms with E-state index < -0.39 is 0 Å². The normalized spacial score (nSPS) is 16.9. The number of unbranched alkanes of at least 4 members (excludes halogenated alkanes) is 1. The van der Waals surface area contributed by atoms with Gasteiger partial charge in [0.1, 0.15) is 5.82 Å². The van der Waals surface area contributed by atoms with Crippen LogP contribution in [-0.4, -0.2) is 38.0 Å². The van der Waals surface area contributed by atoms with E-state index in [1.165, 1.54) is 0 Å². The molecular weight excluding hydrogens is 330 g/mol. The second-order valence-corrected chi connectivity index (χ2v) is 6.77. The van der Waals surface area contributed by atoms with Crippen LogP contribution in [-0.2, 0) is 22.7 Å². The van der Waals surface area contributed by atoms with E-state index in [9.17, 15) is 9.59 Å². The fourth-order valence-electron chi connectivity index (χ4n) is 3.16. The molecule has 1 fully saturated rings. The molecule has 0 aromatic carbocycles. The third kappa shape index (κ3) is 4.28. The maximum Gasteiger partial charge on any atom is 0.230 e. The van der Waals surface area contributed by atoms with Gasteiger partial charge in [-0.3, -0.25) is 14.6 Å². The van der Waals surface area contributed by atoms with Crippen LogP contribution in [0.1, 0.15) is 37.4 Å². The fraction of sp³-hybridized carbons (Fsp3) is 0.474. The lowest BCUT2D eigenvalue weighted by molar-refractivity contribution is -0.128. The van der Waals surface area contributed by atoms with Crippen molar-refractivity contribution in [3.8, 4) is 0 Å². The number of nitrogens with one attached hydrogen (secondary N) is 1. The first-order valence-corrected chi connectivity index (χ1v) is 9.08. The van der Waals surface area contributed by atoms with Crippen molar-refractivity contribution in [2.75, 3.05) is 11.9 Å². The number of nitrogens with zero attached hydrogens (tertiary/aromatic N) is 4. The molecule has 7 nitrogen and oxygen atoms in total. The average Bonchev–Trinajstić information content (AvgIpc) is 3.16. The molecule has 0 aliphatic carbocycles. The van der Waals surface area contributed by atoms with Gasteiger partial charge in [-0.05, 0) is 31.0 Å². The molecule has 1 aliphatic heterocycles. The number of anilines is 1. The fourth-order valence-corrected chi connectivity index (χ4v) is 3.16. The molecule has 1 saturated heterocycles. The smallest absolute Gasteiger partial charge is 0.230 e. The van der Waals surface area contributed by atoms with Gasteiger partial charge in [-0.2, -0.15) is 5.10 Å². The van der Waals surface area contributed by atoms with Crippen LogP contribution in [0, 0.1) is 12.8 Å². The van der Waals surface area contributed by atoms with E-state index >= 15 is 0 Å². The molecule has 3 heterocycles. The van der Waals surface area contributed by atoms with Crippen molar-refractivity contribution in [2.45, 2.75) is 46.2 Å². The minimum atomic E-state index is -0.334. The molecule has 1 aliphatic rings. The van der Waals surface area contributed by atoms with Crippen LogP contribution in [0.4, 0.5) is 5.82 Å². The number of likely N-dealkylation sites (tertiary alicyclic amines) is 1. The third-order valence-electron chi connectivity index (χ3n) is 4.58. The lowest BCUT2D eigenvalue weighted by atomic mass is 10.1. The van der Waals surface area contributed by atoms with Crippen molar-refractivity contribution in [3.63, 3.8) is 0 Å². The van der Waals surface area contributed by atoms with Crippen molar-refractivity contribution in [1.29, 1.82) is 0 Å². The van der Waals surface area contributed by atoms with Gasteiger partial charge in [0.2, 0.25) is 11.8 Å². The Kier molecular flexibility index (Phi) is 5.65. The van der Waals surface area contributed by atoms with Gasteiger partial charge in [-0.1, -0.05) is 13.3 Å². The van der Waals surface area contributed by atoms with E-state index in [1.807, 2.05) is 29.8 Å². The highest BCUT2D eigenvalue weighted by atomic mass is 16.2. The Hall–Kier alpha value is -2.70. The second-order valence-electron chi connectivity index (χ2n) is 6.77. The minimum absolute atomic E-state index is 0.0117. The van der Waals surface area contributed by atoms with Gasteiger partial charge < -0.3 is 10.2 Å². The maximum absolute atomic E-state index is 12.7. The molecule has 0 spiro atoms. The first kappa shape index (κ1) is 18.1. The number of pyridine rings is 1. The summed E-state index contributed by atoms with van der Waals surface area (Å²) in [6.07, 6.45) is 5.73. The first-order chi connectivity index (χ1) is 12.6. The Bertz CT molecular complexity index is 771. The van der Waals surface area contributed by atoms with Crippen molar-refractivity contribution in [2.24, 2.45) is 5.92 Å². The summed E-state index contributed by atoms with van der Waals surface area (Å²) in [6, 6.07) is 5.64.